The average molecular weight is 418 g/mol. The molecule has 7 heteroatoms. The number of hydrogen-bond acceptors (Lipinski definition) is 6. The molecule has 4 rings (SSSR count). The van der Waals surface area contributed by atoms with E-state index in [1.54, 1.807) is 0 Å². The van der Waals surface area contributed by atoms with Crippen molar-refractivity contribution in [2.24, 2.45) is 0 Å². The number of piperazine rings is 1. The number of aromatic nitrogens is 2. The summed E-state index contributed by atoms with van der Waals surface area (Å²) in [6.45, 7) is 5.28. The number of rotatable bonds is 7. The second-order valence-corrected chi connectivity index (χ2v) is 7.20. The van der Waals surface area contributed by atoms with Crippen molar-refractivity contribution < 1.29 is 14.3 Å². The highest BCUT2D eigenvalue weighted by atomic mass is 16.5. The number of amides is 1. The Bertz CT molecular complexity index is 970. The molecular weight excluding hydrogens is 392 g/mol. The number of anilines is 1. The number of hydrogen-bond donors (Lipinski definition) is 0. The van der Waals surface area contributed by atoms with E-state index in [-0.39, 0.29) is 12.5 Å². The molecule has 0 radical (unpaired) electrons. The van der Waals surface area contributed by atoms with Crippen LogP contribution in [0.4, 0.5) is 5.82 Å². The summed E-state index contributed by atoms with van der Waals surface area (Å²) in [6.07, 6.45) is 0. The molecule has 1 aromatic heterocycles. The van der Waals surface area contributed by atoms with Crippen LogP contribution in [0.1, 0.15) is 6.92 Å². The largest absolute Gasteiger partial charge is 0.494 e. The van der Waals surface area contributed by atoms with Crippen molar-refractivity contribution in [3.05, 3.63) is 66.7 Å². The summed E-state index contributed by atoms with van der Waals surface area (Å²) >= 11 is 0. The first-order valence-corrected chi connectivity index (χ1v) is 10.5. The van der Waals surface area contributed by atoms with Crippen LogP contribution < -0.4 is 14.4 Å². The zero-order valence-corrected chi connectivity index (χ0v) is 17.6. The van der Waals surface area contributed by atoms with E-state index in [1.165, 1.54) is 0 Å². The van der Waals surface area contributed by atoms with E-state index < -0.39 is 0 Å². The molecule has 1 fully saturated rings. The maximum atomic E-state index is 12.5. The quantitative estimate of drug-likeness (QED) is 0.587. The van der Waals surface area contributed by atoms with Gasteiger partial charge in [0.15, 0.2) is 12.4 Å². The van der Waals surface area contributed by atoms with Crippen LogP contribution in [-0.2, 0) is 4.79 Å². The molecule has 0 spiro atoms. The summed E-state index contributed by atoms with van der Waals surface area (Å²) in [4.78, 5) is 16.5. The zero-order chi connectivity index (χ0) is 21.5. The number of benzene rings is 2. The molecule has 31 heavy (non-hydrogen) atoms. The second-order valence-electron chi connectivity index (χ2n) is 7.20. The van der Waals surface area contributed by atoms with Gasteiger partial charge in [0.2, 0.25) is 0 Å². The van der Waals surface area contributed by atoms with E-state index in [2.05, 4.69) is 15.1 Å². The molecule has 0 bridgehead atoms. The minimum Gasteiger partial charge on any atom is -0.494 e. The lowest BCUT2D eigenvalue weighted by Gasteiger charge is -2.35. The molecule has 1 aliphatic rings. The van der Waals surface area contributed by atoms with E-state index in [0.717, 1.165) is 22.8 Å². The van der Waals surface area contributed by atoms with Gasteiger partial charge in [-0.05, 0) is 43.3 Å². The Morgan fingerprint density at radius 3 is 2.13 bits per heavy atom. The Morgan fingerprint density at radius 1 is 0.839 bits per heavy atom. The molecule has 0 unspecified atom stereocenters. The Labute approximate surface area is 182 Å². The van der Waals surface area contributed by atoms with Gasteiger partial charge in [0.25, 0.3) is 5.91 Å². The summed E-state index contributed by atoms with van der Waals surface area (Å²) in [6, 6.07) is 21.3. The molecule has 3 aromatic rings. The van der Waals surface area contributed by atoms with Gasteiger partial charge >= 0.3 is 0 Å². The lowest BCUT2D eigenvalue weighted by Crippen LogP contribution is -2.50. The Kier molecular flexibility index (Phi) is 6.62. The molecular formula is C24H26N4O3. The monoisotopic (exact) mass is 418 g/mol. The van der Waals surface area contributed by atoms with Gasteiger partial charge in [-0.25, -0.2) is 0 Å². The van der Waals surface area contributed by atoms with Gasteiger partial charge in [0.1, 0.15) is 11.5 Å². The molecule has 1 aliphatic heterocycles. The molecule has 160 valence electrons. The Balaban J connectivity index is 1.25. The molecule has 1 amide bonds. The van der Waals surface area contributed by atoms with Gasteiger partial charge in [-0.15, -0.1) is 10.2 Å². The topological polar surface area (TPSA) is 67.8 Å². The van der Waals surface area contributed by atoms with Crippen LogP contribution in [-0.4, -0.2) is 60.4 Å². The third-order valence-electron chi connectivity index (χ3n) is 5.17. The highest BCUT2D eigenvalue weighted by Crippen LogP contribution is 2.20. The minimum atomic E-state index is -0.0148. The SMILES string of the molecule is CCOc1ccc(OCC(=O)N2CCN(c3ccc(-c4ccccc4)nn3)CC2)cc1. The standard InChI is InChI=1S/C24H26N4O3/c1-2-30-20-8-10-21(11-9-20)31-18-24(29)28-16-14-27(15-17-28)23-13-12-22(25-26-23)19-6-4-3-5-7-19/h3-13H,2,14-18H2,1H3. The number of nitrogens with zero attached hydrogens (tertiary/aromatic N) is 4. The van der Waals surface area contributed by atoms with Crippen LogP contribution in [0.2, 0.25) is 0 Å². The third kappa shape index (κ3) is 5.31. The first-order valence-electron chi connectivity index (χ1n) is 10.5. The van der Waals surface area contributed by atoms with Crippen molar-refractivity contribution in [2.75, 3.05) is 44.3 Å². The van der Waals surface area contributed by atoms with Crippen molar-refractivity contribution in [2.45, 2.75) is 6.92 Å². The number of carbonyl (C=O) groups is 1. The van der Waals surface area contributed by atoms with Crippen LogP contribution in [0.15, 0.2) is 66.7 Å². The fraction of sp³-hybridized carbons (Fsp3) is 0.292. The maximum Gasteiger partial charge on any atom is 0.260 e. The summed E-state index contributed by atoms with van der Waals surface area (Å²) in [7, 11) is 0. The first kappa shape index (κ1) is 20.7. The van der Waals surface area contributed by atoms with Gasteiger partial charge in [-0.1, -0.05) is 30.3 Å². The third-order valence-corrected chi connectivity index (χ3v) is 5.17. The molecule has 7 nitrogen and oxygen atoms in total. The lowest BCUT2D eigenvalue weighted by atomic mass is 10.1. The van der Waals surface area contributed by atoms with Crippen LogP contribution in [0.5, 0.6) is 11.5 Å². The van der Waals surface area contributed by atoms with Crippen molar-refractivity contribution in [3.8, 4) is 22.8 Å². The zero-order valence-electron chi connectivity index (χ0n) is 17.6. The molecule has 0 atom stereocenters. The Morgan fingerprint density at radius 2 is 1.52 bits per heavy atom. The first-order chi connectivity index (χ1) is 15.2. The van der Waals surface area contributed by atoms with Gasteiger partial charge in [0.05, 0.1) is 12.3 Å². The predicted molar refractivity (Wildman–Crippen MR) is 119 cm³/mol. The molecule has 1 saturated heterocycles. The highest BCUT2D eigenvalue weighted by molar-refractivity contribution is 5.78. The van der Waals surface area contributed by atoms with E-state index in [1.807, 2.05) is 78.6 Å². The van der Waals surface area contributed by atoms with E-state index in [0.29, 0.717) is 38.5 Å². The average Bonchev–Trinajstić information content (AvgIpc) is 2.84. The van der Waals surface area contributed by atoms with E-state index >= 15 is 0 Å². The van der Waals surface area contributed by atoms with Crippen LogP contribution in [0.3, 0.4) is 0 Å². The highest BCUT2D eigenvalue weighted by Gasteiger charge is 2.22. The number of carbonyl (C=O) groups excluding carboxylic acids is 1. The fourth-order valence-electron chi connectivity index (χ4n) is 3.48. The summed E-state index contributed by atoms with van der Waals surface area (Å²) < 4.78 is 11.1. The van der Waals surface area contributed by atoms with Crippen LogP contribution in [0, 0.1) is 0 Å². The van der Waals surface area contributed by atoms with Crippen LogP contribution in [0.25, 0.3) is 11.3 Å². The van der Waals surface area contributed by atoms with E-state index in [4.69, 9.17) is 9.47 Å². The van der Waals surface area contributed by atoms with Crippen molar-refractivity contribution in [3.63, 3.8) is 0 Å². The van der Waals surface area contributed by atoms with Gasteiger partial charge in [-0.2, -0.15) is 0 Å². The number of ether oxygens (including phenoxy) is 2. The molecule has 2 aromatic carbocycles. The maximum absolute atomic E-state index is 12.5. The van der Waals surface area contributed by atoms with Crippen molar-refractivity contribution in [1.82, 2.24) is 15.1 Å². The summed E-state index contributed by atoms with van der Waals surface area (Å²) in [5.41, 5.74) is 1.90. The predicted octanol–water partition coefficient (Wildman–Crippen LogP) is 3.27. The van der Waals surface area contributed by atoms with Crippen molar-refractivity contribution >= 4 is 11.7 Å². The summed E-state index contributed by atoms with van der Waals surface area (Å²) in [5, 5.41) is 8.74. The molecule has 2 heterocycles. The van der Waals surface area contributed by atoms with Crippen LogP contribution >= 0.6 is 0 Å². The summed E-state index contributed by atoms with van der Waals surface area (Å²) in [5.74, 6) is 2.26. The van der Waals surface area contributed by atoms with Gasteiger partial charge in [-0.3, -0.25) is 4.79 Å². The fourth-order valence-corrected chi connectivity index (χ4v) is 3.48. The Hall–Kier alpha value is -3.61. The smallest absolute Gasteiger partial charge is 0.260 e. The molecule has 0 N–H and O–H groups in total. The van der Waals surface area contributed by atoms with Crippen molar-refractivity contribution in [1.29, 1.82) is 0 Å². The van der Waals surface area contributed by atoms with E-state index in [9.17, 15) is 4.79 Å². The minimum absolute atomic E-state index is 0.0148. The van der Waals surface area contributed by atoms with Gasteiger partial charge in [0, 0.05) is 31.7 Å². The van der Waals surface area contributed by atoms with Gasteiger partial charge < -0.3 is 19.3 Å². The lowest BCUT2D eigenvalue weighted by molar-refractivity contribution is -0.133. The molecule has 0 saturated carbocycles. The molecule has 0 aliphatic carbocycles. The normalized spacial score (nSPS) is 13.7. The second kappa shape index (κ2) is 9.93.